The van der Waals surface area contributed by atoms with Gasteiger partial charge in [0.05, 0.1) is 36.4 Å². The topological polar surface area (TPSA) is 67.0 Å². The second kappa shape index (κ2) is 8.50. The van der Waals surface area contributed by atoms with E-state index in [2.05, 4.69) is 15.3 Å². The van der Waals surface area contributed by atoms with E-state index in [0.717, 1.165) is 33.7 Å². The molecule has 0 spiro atoms. The molecule has 5 nitrogen and oxygen atoms in total. The molecular weight excluding hydrogens is 350 g/mol. The number of imidazole rings is 1. The molecule has 4 rings (SSSR count). The molecule has 4 aromatic rings. The van der Waals surface area contributed by atoms with Gasteiger partial charge >= 0.3 is 0 Å². The van der Waals surface area contributed by atoms with Crippen molar-refractivity contribution < 1.29 is 9.53 Å². The summed E-state index contributed by atoms with van der Waals surface area (Å²) in [4.78, 5) is 20.3. The Kier molecular flexibility index (Phi) is 5.45. The predicted molar refractivity (Wildman–Crippen MR) is 111 cm³/mol. The van der Waals surface area contributed by atoms with Crippen LogP contribution in [0.25, 0.3) is 22.4 Å². The van der Waals surface area contributed by atoms with E-state index in [1.165, 1.54) is 0 Å². The molecule has 0 fully saturated rings. The lowest BCUT2D eigenvalue weighted by Crippen LogP contribution is -2.14. The molecule has 0 aliphatic heterocycles. The fourth-order valence-electron chi connectivity index (χ4n) is 3.02. The quantitative estimate of drug-likeness (QED) is 0.460. The number of carbonyl (C=O) groups excluding carboxylic acids is 1. The molecule has 1 amide bonds. The van der Waals surface area contributed by atoms with E-state index in [1.807, 2.05) is 78.9 Å². The van der Waals surface area contributed by atoms with E-state index in [9.17, 15) is 4.79 Å². The van der Waals surface area contributed by atoms with Gasteiger partial charge in [-0.2, -0.15) is 0 Å². The summed E-state index contributed by atoms with van der Waals surface area (Å²) in [5.41, 5.74) is 4.55. The van der Waals surface area contributed by atoms with E-state index >= 15 is 0 Å². The van der Waals surface area contributed by atoms with Crippen LogP contribution in [-0.2, 0) is 16.1 Å². The van der Waals surface area contributed by atoms with Crippen molar-refractivity contribution in [1.82, 2.24) is 9.97 Å². The molecule has 1 heterocycles. The Morgan fingerprint density at radius 1 is 0.929 bits per heavy atom. The highest BCUT2D eigenvalue weighted by Gasteiger charge is 2.11. The zero-order chi connectivity index (χ0) is 19.2. The van der Waals surface area contributed by atoms with Crippen LogP contribution in [0.2, 0.25) is 0 Å². The van der Waals surface area contributed by atoms with Gasteiger partial charge in [-0.05, 0) is 29.8 Å². The van der Waals surface area contributed by atoms with Crippen LogP contribution < -0.4 is 5.32 Å². The maximum atomic E-state index is 12.4. The van der Waals surface area contributed by atoms with Crippen LogP contribution in [0.15, 0.2) is 78.9 Å². The monoisotopic (exact) mass is 371 g/mol. The number of fused-ring (bicyclic) bond motifs is 1. The standard InChI is InChI=1S/C23H21N3O2/c27-22(14-15-28-16-17-8-2-1-3-9-17)24-19-11-5-4-10-18(19)23-25-20-12-6-7-13-21(20)26-23/h1-13H,14-16H2,(H,24,27)(H,25,26). The van der Waals surface area contributed by atoms with Crippen molar-refractivity contribution in [3.8, 4) is 11.4 Å². The van der Waals surface area contributed by atoms with E-state index in [0.29, 0.717) is 19.6 Å². The summed E-state index contributed by atoms with van der Waals surface area (Å²) in [5.74, 6) is 0.647. The Labute approximate surface area is 163 Å². The molecule has 0 aliphatic rings. The molecule has 5 heteroatoms. The summed E-state index contributed by atoms with van der Waals surface area (Å²) in [6.07, 6.45) is 0.293. The van der Waals surface area contributed by atoms with Crippen LogP contribution in [0.4, 0.5) is 5.69 Å². The maximum Gasteiger partial charge on any atom is 0.226 e. The highest BCUT2D eigenvalue weighted by Crippen LogP contribution is 2.27. The van der Waals surface area contributed by atoms with E-state index < -0.39 is 0 Å². The Morgan fingerprint density at radius 3 is 2.54 bits per heavy atom. The lowest BCUT2D eigenvalue weighted by atomic mass is 10.1. The number of hydrogen-bond acceptors (Lipinski definition) is 3. The number of rotatable bonds is 7. The number of para-hydroxylation sites is 3. The normalized spacial score (nSPS) is 10.9. The number of H-pyrrole nitrogens is 1. The minimum Gasteiger partial charge on any atom is -0.376 e. The first kappa shape index (κ1) is 17.9. The summed E-state index contributed by atoms with van der Waals surface area (Å²) >= 11 is 0. The lowest BCUT2D eigenvalue weighted by molar-refractivity contribution is -0.117. The van der Waals surface area contributed by atoms with Crippen LogP contribution in [-0.4, -0.2) is 22.5 Å². The Morgan fingerprint density at radius 2 is 1.68 bits per heavy atom. The third-order valence-electron chi connectivity index (χ3n) is 4.43. The molecule has 0 atom stereocenters. The second-order valence-corrected chi connectivity index (χ2v) is 6.48. The number of aromatic nitrogens is 2. The zero-order valence-electron chi connectivity index (χ0n) is 15.4. The molecule has 0 bridgehead atoms. The zero-order valence-corrected chi connectivity index (χ0v) is 15.4. The molecule has 3 aromatic carbocycles. The van der Waals surface area contributed by atoms with Crippen LogP contribution >= 0.6 is 0 Å². The second-order valence-electron chi connectivity index (χ2n) is 6.48. The summed E-state index contributed by atoms with van der Waals surface area (Å²) in [6.45, 7) is 0.872. The number of anilines is 1. The van der Waals surface area contributed by atoms with Crippen molar-refractivity contribution in [3.63, 3.8) is 0 Å². The molecule has 0 saturated carbocycles. The molecule has 0 radical (unpaired) electrons. The molecule has 2 N–H and O–H groups in total. The van der Waals surface area contributed by atoms with E-state index in [1.54, 1.807) is 0 Å². The predicted octanol–water partition coefficient (Wildman–Crippen LogP) is 4.78. The minimum absolute atomic E-state index is 0.0865. The Bertz CT molecular complexity index is 1040. The number of hydrogen-bond donors (Lipinski definition) is 2. The van der Waals surface area contributed by atoms with Crippen LogP contribution in [0, 0.1) is 0 Å². The third-order valence-corrected chi connectivity index (χ3v) is 4.43. The van der Waals surface area contributed by atoms with Crippen molar-refractivity contribution in [2.45, 2.75) is 13.0 Å². The first-order chi connectivity index (χ1) is 13.8. The lowest BCUT2D eigenvalue weighted by Gasteiger charge is -2.10. The number of aromatic amines is 1. The fraction of sp³-hybridized carbons (Fsp3) is 0.130. The van der Waals surface area contributed by atoms with Gasteiger partial charge in [-0.15, -0.1) is 0 Å². The van der Waals surface area contributed by atoms with Gasteiger partial charge in [0, 0.05) is 5.56 Å². The highest BCUT2D eigenvalue weighted by molar-refractivity contribution is 5.95. The van der Waals surface area contributed by atoms with Crippen molar-refractivity contribution in [2.24, 2.45) is 0 Å². The van der Waals surface area contributed by atoms with Gasteiger partial charge < -0.3 is 15.0 Å². The van der Waals surface area contributed by atoms with Gasteiger partial charge in [0.2, 0.25) is 5.91 Å². The molecule has 28 heavy (non-hydrogen) atoms. The number of carbonyl (C=O) groups is 1. The Balaban J connectivity index is 1.39. The fourth-order valence-corrected chi connectivity index (χ4v) is 3.02. The summed E-state index contributed by atoms with van der Waals surface area (Å²) in [7, 11) is 0. The van der Waals surface area contributed by atoms with Gasteiger partial charge in [0.15, 0.2) is 0 Å². The van der Waals surface area contributed by atoms with Crippen molar-refractivity contribution >= 4 is 22.6 Å². The number of ether oxygens (including phenoxy) is 1. The van der Waals surface area contributed by atoms with Crippen LogP contribution in [0.3, 0.4) is 0 Å². The molecule has 140 valence electrons. The van der Waals surface area contributed by atoms with Crippen molar-refractivity contribution in [3.05, 3.63) is 84.4 Å². The average molecular weight is 371 g/mol. The Hall–Kier alpha value is -3.44. The number of nitrogens with one attached hydrogen (secondary N) is 2. The number of amides is 1. The van der Waals surface area contributed by atoms with Crippen molar-refractivity contribution in [2.75, 3.05) is 11.9 Å². The van der Waals surface area contributed by atoms with E-state index in [-0.39, 0.29) is 5.91 Å². The van der Waals surface area contributed by atoms with Gasteiger partial charge in [-0.1, -0.05) is 54.6 Å². The largest absolute Gasteiger partial charge is 0.376 e. The van der Waals surface area contributed by atoms with Gasteiger partial charge in [-0.3, -0.25) is 4.79 Å². The van der Waals surface area contributed by atoms with Crippen LogP contribution in [0.5, 0.6) is 0 Å². The molecule has 1 aromatic heterocycles. The number of benzene rings is 3. The van der Waals surface area contributed by atoms with Gasteiger partial charge in [0.25, 0.3) is 0 Å². The highest BCUT2D eigenvalue weighted by atomic mass is 16.5. The summed E-state index contributed by atoms with van der Waals surface area (Å²) < 4.78 is 5.60. The summed E-state index contributed by atoms with van der Waals surface area (Å²) in [6, 6.07) is 25.4. The third kappa shape index (κ3) is 4.27. The molecule has 0 aliphatic carbocycles. The number of nitrogens with zero attached hydrogens (tertiary/aromatic N) is 1. The molecule has 0 unspecified atom stereocenters. The first-order valence-electron chi connectivity index (χ1n) is 9.25. The van der Waals surface area contributed by atoms with Crippen molar-refractivity contribution in [1.29, 1.82) is 0 Å². The molecular formula is C23H21N3O2. The smallest absolute Gasteiger partial charge is 0.226 e. The molecule has 0 saturated heterocycles. The van der Waals surface area contributed by atoms with Crippen LogP contribution in [0.1, 0.15) is 12.0 Å². The summed E-state index contributed by atoms with van der Waals surface area (Å²) in [5, 5.41) is 2.97. The average Bonchev–Trinajstić information content (AvgIpc) is 3.16. The minimum atomic E-state index is -0.0865. The van der Waals surface area contributed by atoms with E-state index in [4.69, 9.17) is 4.74 Å². The van der Waals surface area contributed by atoms with Gasteiger partial charge in [0.1, 0.15) is 5.82 Å². The maximum absolute atomic E-state index is 12.4. The van der Waals surface area contributed by atoms with Gasteiger partial charge in [-0.25, -0.2) is 4.98 Å². The SMILES string of the molecule is O=C(CCOCc1ccccc1)Nc1ccccc1-c1nc2ccccc2[nH]1. The first-order valence-corrected chi connectivity index (χ1v) is 9.25.